The van der Waals surface area contributed by atoms with Crippen molar-refractivity contribution in [2.45, 2.75) is 13.3 Å². The third-order valence-corrected chi connectivity index (χ3v) is 4.45. The van der Waals surface area contributed by atoms with Crippen molar-refractivity contribution in [3.63, 3.8) is 0 Å². The van der Waals surface area contributed by atoms with Crippen LogP contribution in [0.5, 0.6) is 5.75 Å². The van der Waals surface area contributed by atoms with Gasteiger partial charge in [0.25, 0.3) is 0 Å². The molecule has 6 nitrogen and oxygen atoms in total. The first-order valence-corrected chi connectivity index (χ1v) is 9.82. The van der Waals surface area contributed by atoms with E-state index >= 15 is 0 Å². The van der Waals surface area contributed by atoms with Crippen molar-refractivity contribution in [2.24, 2.45) is 0 Å². The lowest BCUT2D eigenvalue weighted by atomic mass is 10.0. The van der Waals surface area contributed by atoms with Gasteiger partial charge in [-0.05, 0) is 41.5 Å². The topological polar surface area (TPSA) is 81.7 Å². The van der Waals surface area contributed by atoms with Gasteiger partial charge in [0.2, 0.25) is 5.91 Å². The monoisotopic (exact) mass is 417 g/mol. The van der Waals surface area contributed by atoms with E-state index in [1.165, 1.54) is 6.92 Å². The van der Waals surface area contributed by atoms with Gasteiger partial charge in [0.15, 0.2) is 19.0 Å². The Morgan fingerprint density at radius 3 is 2.19 bits per heavy atom. The van der Waals surface area contributed by atoms with Crippen molar-refractivity contribution >= 4 is 23.3 Å². The fourth-order valence-corrected chi connectivity index (χ4v) is 2.96. The van der Waals surface area contributed by atoms with Crippen LogP contribution in [0.4, 0.5) is 5.69 Å². The average Bonchev–Trinajstić information content (AvgIpc) is 2.77. The van der Waals surface area contributed by atoms with Gasteiger partial charge in [0.1, 0.15) is 5.75 Å². The predicted octanol–water partition coefficient (Wildman–Crippen LogP) is 4.04. The van der Waals surface area contributed by atoms with Gasteiger partial charge >= 0.3 is 5.97 Å². The SMILES string of the molecule is CC(=O)Nc1ccc(C(=O)COC(=O)COc2ccccc2Cc2ccccc2)cc1. The van der Waals surface area contributed by atoms with Crippen LogP contribution in [0.15, 0.2) is 78.9 Å². The van der Waals surface area contributed by atoms with Crippen molar-refractivity contribution in [3.8, 4) is 5.75 Å². The molecule has 0 saturated heterocycles. The van der Waals surface area contributed by atoms with Gasteiger partial charge in [-0.2, -0.15) is 0 Å². The lowest BCUT2D eigenvalue weighted by Gasteiger charge is -2.11. The molecule has 6 heteroatoms. The molecular weight excluding hydrogens is 394 g/mol. The second-order valence-electron chi connectivity index (χ2n) is 6.90. The third-order valence-electron chi connectivity index (χ3n) is 4.45. The van der Waals surface area contributed by atoms with Gasteiger partial charge in [0, 0.05) is 24.6 Å². The lowest BCUT2D eigenvalue weighted by molar-refractivity contribution is -0.144. The maximum atomic E-state index is 12.2. The molecule has 0 aliphatic heterocycles. The Labute approximate surface area is 180 Å². The number of hydrogen-bond donors (Lipinski definition) is 1. The number of hydrogen-bond acceptors (Lipinski definition) is 5. The van der Waals surface area contributed by atoms with Crippen molar-refractivity contribution in [3.05, 3.63) is 95.6 Å². The Kier molecular flexibility index (Phi) is 7.54. The zero-order valence-electron chi connectivity index (χ0n) is 17.2. The summed E-state index contributed by atoms with van der Waals surface area (Å²) in [6, 6.07) is 23.8. The number of Topliss-reactive ketones (excluding diaryl/α,β-unsaturated/α-hetero) is 1. The molecule has 0 aromatic heterocycles. The van der Waals surface area contributed by atoms with Crippen molar-refractivity contribution in [1.29, 1.82) is 0 Å². The van der Waals surface area contributed by atoms with Crippen molar-refractivity contribution in [2.75, 3.05) is 18.5 Å². The number of ketones is 1. The molecular formula is C25H23NO5. The number of carbonyl (C=O) groups excluding carboxylic acids is 3. The van der Waals surface area contributed by atoms with E-state index in [0.29, 0.717) is 23.4 Å². The van der Waals surface area contributed by atoms with Crippen LogP contribution in [-0.2, 0) is 20.7 Å². The fourth-order valence-electron chi connectivity index (χ4n) is 2.96. The number of rotatable bonds is 9. The van der Waals surface area contributed by atoms with E-state index in [4.69, 9.17) is 9.47 Å². The highest BCUT2D eigenvalue weighted by atomic mass is 16.6. The van der Waals surface area contributed by atoms with Crippen LogP contribution in [0, 0.1) is 0 Å². The maximum absolute atomic E-state index is 12.2. The molecule has 0 radical (unpaired) electrons. The second-order valence-corrected chi connectivity index (χ2v) is 6.90. The Morgan fingerprint density at radius 2 is 1.48 bits per heavy atom. The Bertz CT molecular complexity index is 1050. The molecule has 0 aliphatic rings. The first-order chi connectivity index (χ1) is 15.0. The summed E-state index contributed by atoms with van der Waals surface area (Å²) in [7, 11) is 0. The number of anilines is 1. The zero-order chi connectivity index (χ0) is 22.1. The molecule has 1 N–H and O–H groups in total. The van der Waals surface area contributed by atoms with Crippen LogP contribution in [0.2, 0.25) is 0 Å². The van der Waals surface area contributed by atoms with Crippen molar-refractivity contribution < 1.29 is 23.9 Å². The quantitative estimate of drug-likeness (QED) is 0.420. The largest absolute Gasteiger partial charge is 0.482 e. The van der Waals surface area contributed by atoms with Gasteiger partial charge < -0.3 is 14.8 Å². The number of esters is 1. The van der Waals surface area contributed by atoms with E-state index in [9.17, 15) is 14.4 Å². The summed E-state index contributed by atoms with van der Waals surface area (Å²) in [6.07, 6.45) is 0.680. The summed E-state index contributed by atoms with van der Waals surface area (Å²) in [4.78, 5) is 35.3. The highest BCUT2D eigenvalue weighted by Gasteiger charge is 2.12. The number of benzene rings is 3. The van der Waals surface area contributed by atoms with Crippen LogP contribution < -0.4 is 10.1 Å². The van der Waals surface area contributed by atoms with Gasteiger partial charge in [-0.15, -0.1) is 0 Å². The molecule has 0 atom stereocenters. The van der Waals surface area contributed by atoms with Gasteiger partial charge in [-0.1, -0.05) is 48.5 Å². The molecule has 3 rings (SSSR count). The van der Waals surface area contributed by atoms with Crippen LogP contribution in [-0.4, -0.2) is 30.9 Å². The Balaban J connectivity index is 1.49. The van der Waals surface area contributed by atoms with Crippen LogP contribution in [0.25, 0.3) is 0 Å². The molecule has 0 saturated carbocycles. The van der Waals surface area contributed by atoms with Gasteiger partial charge in [0.05, 0.1) is 0 Å². The summed E-state index contributed by atoms with van der Waals surface area (Å²) < 4.78 is 10.7. The third kappa shape index (κ3) is 6.82. The first kappa shape index (κ1) is 21.8. The summed E-state index contributed by atoms with van der Waals surface area (Å²) >= 11 is 0. The Morgan fingerprint density at radius 1 is 0.806 bits per heavy atom. The molecule has 158 valence electrons. The zero-order valence-corrected chi connectivity index (χ0v) is 17.2. The summed E-state index contributed by atoms with van der Waals surface area (Å²) in [5.74, 6) is -0.563. The molecule has 0 bridgehead atoms. The molecule has 3 aromatic rings. The summed E-state index contributed by atoms with van der Waals surface area (Å²) in [6.45, 7) is 0.731. The van der Waals surface area contributed by atoms with Crippen LogP contribution in [0.3, 0.4) is 0 Å². The minimum atomic E-state index is -0.627. The molecule has 3 aromatic carbocycles. The molecule has 0 fully saturated rings. The van der Waals surface area contributed by atoms with E-state index in [1.54, 1.807) is 30.3 Å². The molecule has 0 unspecified atom stereocenters. The molecule has 0 spiro atoms. The van der Waals surface area contributed by atoms with Crippen LogP contribution in [0.1, 0.15) is 28.4 Å². The van der Waals surface area contributed by atoms with Crippen LogP contribution >= 0.6 is 0 Å². The first-order valence-electron chi connectivity index (χ1n) is 9.82. The van der Waals surface area contributed by atoms with E-state index in [2.05, 4.69) is 5.32 Å². The molecule has 31 heavy (non-hydrogen) atoms. The van der Waals surface area contributed by atoms with E-state index in [0.717, 1.165) is 11.1 Å². The summed E-state index contributed by atoms with van der Waals surface area (Å²) in [5, 5.41) is 2.62. The van der Waals surface area contributed by atoms with Crippen molar-refractivity contribution in [1.82, 2.24) is 0 Å². The number of ether oxygens (including phenoxy) is 2. The van der Waals surface area contributed by atoms with E-state index in [1.807, 2.05) is 48.5 Å². The van der Waals surface area contributed by atoms with Gasteiger partial charge in [-0.3, -0.25) is 9.59 Å². The highest BCUT2D eigenvalue weighted by Crippen LogP contribution is 2.21. The molecule has 0 heterocycles. The fraction of sp³-hybridized carbons (Fsp3) is 0.160. The normalized spacial score (nSPS) is 10.2. The standard InChI is InChI=1S/C25H23NO5/c1-18(27)26-22-13-11-20(12-14-22)23(28)16-31-25(29)17-30-24-10-6-5-9-21(24)15-19-7-3-2-4-8-19/h2-14H,15-17H2,1H3,(H,26,27). The number of carbonyl (C=O) groups is 3. The second kappa shape index (κ2) is 10.7. The maximum Gasteiger partial charge on any atom is 0.344 e. The predicted molar refractivity (Wildman–Crippen MR) is 117 cm³/mol. The smallest absolute Gasteiger partial charge is 0.344 e. The summed E-state index contributed by atoms with van der Waals surface area (Å²) in [5.41, 5.74) is 3.06. The number of amides is 1. The average molecular weight is 417 g/mol. The molecule has 0 aliphatic carbocycles. The number of para-hydroxylation sites is 1. The molecule has 1 amide bonds. The van der Waals surface area contributed by atoms with Gasteiger partial charge in [-0.25, -0.2) is 4.79 Å². The minimum Gasteiger partial charge on any atom is -0.482 e. The Hall–Kier alpha value is -3.93. The highest BCUT2D eigenvalue weighted by molar-refractivity contribution is 5.98. The van der Waals surface area contributed by atoms with E-state index < -0.39 is 5.97 Å². The van der Waals surface area contributed by atoms with E-state index in [-0.39, 0.29) is 24.9 Å². The minimum absolute atomic E-state index is 0.196. The lowest BCUT2D eigenvalue weighted by Crippen LogP contribution is -2.20. The number of nitrogens with one attached hydrogen (secondary N) is 1.